The lowest BCUT2D eigenvalue weighted by molar-refractivity contribution is -0.137. The molecule has 0 radical (unpaired) electrons. The monoisotopic (exact) mass is 423 g/mol. The number of fused-ring (bicyclic) bond motifs is 1. The molecule has 164 valence electrons. The first-order valence-electron chi connectivity index (χ1n) is 10.9. The second kappa shape index (κ2) is 8.61. The molecule has 2 aromatic carbocycles. The summed E-state index contributed by atoms with van der Waals surface area (Å²) in [6, 6.07) is 11.3. The van der Waals surface area contributed by atoms with E-state index in [1.54, 1.807) is 11.0 Å². The lowest BCUT2D eigenvalue weighted by atomic mass is 9.81. The van der Waals surface area contributed by atoms with Gasteiger partial charge in [-0.2, -0.15) is 0 Å². The summed E-state index contributed by atoms with van der Waals surface area (Å²) in [4.78, 5) is 27.3. The van der Waals surface area contributed by atoms with Crippen LogP contribution in [-0.4, -0.2) is 48.5 Å². The van der Waals surface area contributed by atoms with Gasteiger partial charge in [0.25, 0.3) is 5.91 Å². The van der Waals surface area contributed by atoms with Gasteiger partial charge in [0.15, 0.2) is 23.9 Å². The van der Waals surface area contributed by atoms with E-state index >= 15 is 0 Å². The van der Waals surface area contributed by atoms with E-state index in [9.17, 15) is 9.59 Å². The van der Waals surface area contributed by atoms with Crippen molar-refractivity contribution in [1.82, 2.24) is 4.90 Å². The van der Waals surface area contributed by atoms with Gasteiger partial charge in [-0.25, -0.2) is 0 Å². The molecule has 0 atom stereocenters. The Bertz CT molecular complexity index is 991. The highest BCUT2D eigenvalue weighted by Crippen LogP contribution is 2.41. The Labute approximate surface area is 183 Å². The van der Waals surface area contributed by atoms with Crippen LogP contribution in [0, 0.1) is 13.8 Å². The van der Waals surface area contributed by atoms with Gasteiger partial charge in [-0.05, 0) is 50.1 Å². The predicted octanol–water partition coefficient (Wildman–Crippen LogP) is 4.11. The minimum absolute atomic E-state index is 0.0436. The van der Waals surface area contributed by atoms with Crippen LogP contribution in [-0.2, 0) is 4.79 Å². The molecular weight excluding hydrogens is 394 g/mol. The molecule has 6 heteroatoms. The number of carbonyl (C=O) groups is 2. The number of ether oxygens (including phenoxy) is 3. The first-order valence-corrected chi connectivity index (χ1v) is 10.9. The molecule has 0 N–H and O–H groups in total. The van der Waals surface area contributed by atoms with Crippen molar-refractivity contribution in [3.8, 4) is 17.2 Å². The van der Waals surface area contributed by atoms with Gasteiger partial charge in [0.05, 0.1) is 18.6 Å². The number of ketones is 1. The molecular formula is C25H29NO5. The summed E-state index contributed by atoms with van der Waals surface area (Å²) in [5, 5.41) is 0. The summed E-state index contributed by atoms with van der Waals surface area (Å²) >= 11 is 0. The number of benzene rings is 2. The molecule has 2 aliphatic heterocycles. The molecule has 31 heavy (non-hydrogen) atoms. The van der Waals surface area contributed by atoms with Crippen LogP contribution < -0.4 is 14.2 Å². The maximum atomic E-state index is 12.8. The van der Waals surface area contributed by atoms with E-state index in [1.807, 2.05) is 51.1 Å². The summed E-state index contributed by atoms with van der Waals surface area (Å²) in [6.07, 6.45) is 1.63. The van der Waals surface area contributed by atoms with Crippen LogP contribution in [0.15, 0.2) is 36.4 Å². The van der Waals surface area contributed by atoms with Gasteiger partial charge in [-0.15, -0.1) is 0 Å². The fraction of sp³-hybridized carbons (Fsp3) is 0.440. The van der Waals surface area contributed by atoms with Crippen molar-refractivity contribution in [3.63, 3.8) is 0 Å². The average molecular weight is 424 g/mol. The highest BCUT2D eigenvalue weighted by atomic mass is 16.5. The first-order chi connectivity index (χ1) is 14.9. The SMILES string of the molecule is CCOc1ccccc1OCC(=O)N1CCC2(CC1)CC(=O)c1cc(C)cc(C)c1O2. The Morgan fingerprint density at radius 2 is 1.77 bits per heavy atom. The van der Waals surface area contributed by atoms with E-state index in [0.717, 1.165) is 11.1 Å². The van der Waals surface area contributed by atoms with Gasteiger partial charge in [0.2, 0.25) is 0 Å². The summed E-state index contributed by atoms with van der Waals surface area (Å²) in [7, 11) is 0. The normalized spacial score (nSPS) is 17.1. The van der Waals surface area contributed by atoms with Crippen LogP contribution in [0.5, 0.6) is 17.2 Å². The van der Waals surface area contributed by atoms with Crippen molar-refractivity contribution >= 4 is 11.7 Å². The van der Waals surface area contributed by atoms with Crippen molar-refractivity contribution < 1.29 is 23.8 Å². The predicted molar refractivity (Wildman–Crippen MR) is 117 cm³/mol. The number of aryl methyl sites for hydroxylation is 2. The minimum atomic E-state index is -0.524. The zero-order chi connectivity index (χ0) is 22.0. The highest BCUT2D eigenvalue weighted by Gasteiger charge is 2.44. The van der Waals surface area contributed by atoms with Crippen LogP contribution in [0.2, 0.25) is 0 Å². The molecule has 6 nitrogen and oxygen atoms in total. The summed E-state index contributed by atoms with van der Waals surface area (Å²) < 4.78 is 17.7. The van der Waals surface area contributed by atoms with Crippen LogP contribution >= 0.6 is 0 Å². The number of likely N-dealkylation sites (tertiary alicyclic amines) is 1. The van der Waals surface area contributed by atoms with Gasteiger partial charge in [-0.1, -0.05) is 18.2 Å². The number of nitrogens with zero attached hydrogens (tertiary/aromatic N) is 1. The van der Waals surface area contributed by atoms with Crippen molar-refractivity contribution in [2.75, 3.05) is 26.3 Å². The number of rotatable bonds is 5. The third-order valence-electron chi connectivity index (χ3n) is 6.05. The zero-order valence-electron chi connectivity index (χ0n) is 18.4. The molecule has 0 saturated carbocycles. The van der Waals surface area contributed by atoms with Crippen LogP contribution in [0.3, 0.4) is 0 Å². The molecule has 1 amide bonds. The Morgan fingerprint density at radius 1 is 1.10 bits per heavy atom. The number of amides is 1. The average Bonchev–Trinajstić information content (AvgIpc) is 2.75. The fourth-order valence-electron chi connectivity index (χ4n) is 4.45. The van der Waals surface area contributed by atoms with Gasteiger partial charge in [0.1, 0.15) is 11.4 Å². The molecule has 0 aliphatic carbocycles. The smallest absolute Gasteiger partial charge is 0.260 e. The van der Waals surface area contributed by atoms with E-state index in [-0.39, 0.29) is 18.3 Å². The molecule has 2 aliphatic rings. The molecule has 2 heterocycles. The molecule has 4 rings (SSSR count). The van der Waals surface area contributed by atoms with Gasteiger partial charge < -0.3 is 19.1 Å². The second-order valence-electron chi connectivity index (χ2n) is 8.39. The van der Waals surface area contributed by atoms with Crippen LogP contribution in [0.4, 0.5) is 0 Å². The molecule has 2 aromatic rings. The summed E-state index contributed by atoms with van der Waals surface area (Å²) in [5.41, 5.74) is 2.21. The van der Waals surface area contributed by atoms with E-state index < -0.39 is 5.60 Å². The third kappa shape index (κ3) is 4.38. The molecule has 0 aromatic heterocycles. The molecule has 1 spiro atoms. The molecule has 0 bridgehead atoms. The van der Waals surface area contributed by atoms with E-state index in [2.05, 4.69) is 0 Å². The number of Topliss-reactive ketones (excluding diaryl/α,β-unsaturated/α-hetero) is 1. The Balaban J connectivity index is 1.38. The minimum Gasteiger partial charge on any atom is -0.490 e. The topological polar surface area (TPSA) is 65.1 Å². The first kappa shape index (κ1) is 21.2. The number of hydrogen-bond donors (Lipinski definition) is 0. The maximum Gasteiger partial charge on any atom is 0.260 e. The van der Waals surface area contributed by atoms with Crippen LogP contribution in [0.25, 0.3) is 0 Å². The maximum absolute atomic E-state index is 12.8. The number of hydrogen-bond acceptors (Lipinski definition) is 5. The quantitative estimate of drug-likeness (QED) is 0.724. The number of piperidine rings is 1. The molecule has 0 unspecified atom stereocenters. The number of carbonyl (C=O) groups excluding carboxylic acids is 2. The Morgan fingerprint density at radius 3 is 2.45 bits per heavy atom. The fourth-order valence-corrected chi connectivity index (χ4v) is 4.45. The highest BCUT2D eigenvalue weighted by molar-refractivity contribution is 6.01. The Hall–Kier alpha value is -3.02. The van der Waals surface area contributed by atoms with Crippen molar-refractivity contribution in [2.24, 2.45) is 0 Å². The molecule has 1 saturated heterocycles. The third-order valence-corrected chi connectivity index (χ3v) is 6.05. The van der Waals surface area contributed by atoms with Crippen molar-refractivity contribution in [3.05, 3.63) is 53.1 Å². The van der Waals surface area contributed by atoms with Gasteiger partial charge >= 0.3 is 0 Å². The van der Waals surface area contributed by atoms with Gasteiger partial charge in [-0.3, -0.25) is 9.59 Å². The Kier molecular flexibility index (Phi) is 5.90. The van der Waals surface area contributed by atoms with E-state index in [0.29, 0.717) is 61.8 Å². The summed E-state index contributed by atoms with van der Waals surface area (Å²) in [6.45, 7) is 7.45. The standard InChI is InChI=1S/C25H29NO5/c1-4-29-21-7-5-6-8-22(21)30-16-23(28)26-11-9-25(10-12-26)15-20(27)19-14-17(2)13-18(3)24(19)31-25/h5-8,13-14H,4,9-12,15-16H2,1-3H3. The van der Waals surface area contributed by atoms with Crippen molar-refractivity contribution in [1.29, 1.82) is 0 Å². The van der Waals surface area contributed by atoms with Gasteiger partial charge in [0, 0.05) is 25.9 Å². The van der Waals surface area contributed by atoms with Crippen LogP contribution in [0.1, 0.15) is 47.7 Å². The van der Waals surface area contributed by atoms with E-state index in [4.69, 9.17) is 14.2 Å². The largest absolute Gasteiger partial charge is 0.490 e. The number of para-hydroxylation sites is 2. The van der Waals surface area contributed by atoms with Crippen molar-refractivity contribution in [2.45, 2.75) is 45.6 Å². The lowest BCUT2D eigenvalue weighted by Crippen LogP contribution is -2.53. The lowest BCUT2D eigenvalue weighted by Gasteiger charge is -2.44. The molecule has 1 fully saturated rings. The summed E-state index contributed by atoms with van der Waals surface area (Å²) in [5.74, 6) is 1.96. The van der Waals surface area contributed by atoms with E-state index in [1.165, 1.54) is 0 Å². The second-order valence-corrected chi connectivity index (χ2v) is 8.39. The zero-order valence-corrected chi connectivity index (χ0v) is 18.4.